The number of methoxy groups -OCH3 is 1. The van der Waals surface area contributed by atoms with Crippen molar-refractivity contribution in [1.29, 1.82) is 0 Å². The first-order valence-electron chi connectivity index (χ1n) is 4.39. The molecule has 0 radical (unpaired) electrons. The Bertz CT molecular complexity index is 421. The number of hydrogen-bond donors (Lipinski definition) is 1. The van der Waals surface area contributed by atoms with Crippen LogP contribution in [-0.4, -0.2) is 24.7 Å². The number of aldehydes is 1. The Labute approximate surface area is 94.3 Å². The summed E-state index contributed by atoms with van der Waals surface area (Å²) in [4.78, 5) is 14.4. The number of aromatic nitrogens is 1. The zero-order valence-corrected chi connectivity index (χ0v) is 8.75. The van der Waals surface area contributed by atoms with E-state index in [-0.39, 0.29) is 23.6 Å². The van der Waals surface area contributed by atoms with Gasteiger partial charge in [-0.15, -0.1) is 13.2 Å². The molecule has 94 valence electrons. The molecule has 0 saturated heterocycles. The molecule has 0 fully saturated rings. The summed E-state index contributed by atoms with van der Waals surface area (Å²) in [5.74, 6) is -1.02. The van der Waals surface area contributed by atoms with E-state index in [0.717, 1.165) is 13.3 Å². The molecule has 0 spiro atoms. The van der Waals surface area contributed by atoms with Crippen LogP contribution in [-0.2, 0) is 6.54 Å². The summed E-state index contributed by atoms with van der Waals surface area (Å²) in [6, 6.07) is 0. The van der Waals surface area contributed by atoms with Gasteiger partial charge >= 0.3 is 6.36 Å². The van der Waals surface area contributed by atoms with Crippen LogP contribution in [0.1, 0.15) is 16.1 Å². The SMILES string of the molecule is COc1c(OC(F)(F)F)cnc(CN)c1C=O. The van der Waals surface area contributed by atoms with Gasteiger partial charge in [-0.3, -0.25) is 9.78 Å². The summed E-state index contributed by atoms with van der Waals surface area (Å²) in [5, 5.41) is 0. The number of alkyl halides is 3. The third kappa shape index (κ3) is 3.06. The number of pyridine rings is 1. The second-order valence-electron chi connectivity index (χ2n) is 2.89. The van der Waals surface area contributed by atoms with Gasteiger partial charge in [0.1, 0.15) is 0 Å². The van der Waals surface area contributed by atoms with Crippen LogP contribution in [0.3, 0.4) is 0 Å². The second-order valence-corrected chi connectivity index (χ2v) is 2.89. The van der Waals surface area contributed by atoms with E-state index < -0.39 is 12.1 Å². The number of carbonyl (C=O) groups excluding carboxylic acids is 1. The molecule has 0 atom stereocenters. The van der Waals surface area contributed by atoms with Crippen molar-refractivity contribution in [3.63, 3.8) is 0 Å². The summed E-state index contributed by atoms with van der Waals surface area (Å²) in [7, 11) is 1.12. The van der Waals surface area contributed by atoms with Crippen molar-refractivity contribution < 1.29 is 27.4 Å². The maximum Gasteiger partial charge on any atom is 0.573 e. The van der Waals surface area contributed by atoms with Gasteiger partial charge in [-0.25, -0.2) is 0 Å². The number of rotatable bonds is 4. The molecule has 1 aromatic rings. The number of nitrogens with two attached hydrogens (primary N) is 1. The fraction of sp³-hybridized carbons (Fsp3) is 0.333. The number of hydrogen-bond acceptors (Lipinski definition) is 5. The lowest BCUT2D eigenvalue weighted by Gasteiger charge is -2.14. The molecule has 1 aromatic heterocycles. The van der Waals surface area contributed by atoms with Crippen molar-refractivity contribution >= 4 is 6.29 Å². The highest BCUT2D eigenvalue weighted by Crippen LogP contribution is 2.34. The molecule has 0 aliphatic carbocycles. The van der Waals surface area contributed by atoms with E-state index in [1.54, 1.807) is 0 Å². The molecule has 0 aromatic carbocycles. The first-order valence-corrected chi connectivity index (χ1v) is 4.39. The third-order valence-electron chi connectivity index (χ3n) is 1.86. The Hall–Kier alpha value is -1.83. The number of halogens is 3. The van der Waals surface area contributed by atoms with E-state index in [2.05, 4.69) is 9.72 Å². The summed E-state index contributed by atoms with van der Waals surface area (Å²) < 4.78 is 44.6. The fourth-order valence-corrected chi connectivity index (χ4v) is 1.22. The van der Waals surface area contributed by atoms with Crippen LogP contribution < -0.4 is 15.2 Å². The molecule has 5 nitrogen and oxygen atoms in total. The molecule has 0 amide bonds. The molecular formula is C9H9F3N2O3. The van der Waals surface area contributed by atoms with Crippen LogP contribution in [0.15, 0.2) is 6.20 Å². The molecule has 2 N–H and O–H groups in total. The minimum Gasteiger partial charge on any atom is -0.492 e. The lowest BCUT2D eigenvalue weighted by Crippen LogP contribution is -2.19. The van der Waals surface area contributed by atoms with E-state index in [0.29, 0.717) is 6.29 Å². The third-order valence-corrected chi connectivity index (χ3v) is 1.86. The normalized spacial score (nSPS) is 11.1. The Morgan fingerprint density at radius 1 is 1.53 bits per heavy atom. The second kappa shape index (κ2) is 5.00. The molecule has 0 saturated carbocycles. The van der Waals surface area contributed by atoms with Gasteiger partial charge in [-0.1, -0.05) is 0 Å². The van der Waals surface area contributed by atoms with Gasteiger partial charge in [0, 0.05) is 6.54 Å². The molecule has 0 aliphatic rings. The topological polar surface area (TPSA) is 74.4 Å². The van der Waals surface area contributed by atoms with Crippen LogP contribution in [0.25, 0.3) is 0 Å². The average molecular weight is 250 g/mol. The Morgan fingerprint density at radius 3 is 2.59 bits per heavy atom. The quantitative estimate of drug-likeness (QED) is 0.814. The molecule has 0 aliphatic heterocycles. The van der Waals surface area contributed by atoms with Crippen LogP contribution in [0, 0.1) is 0 Å². The van der Waals surface area contributed by atoms with Gasteiger partial charge in [0.2, 0.25) is 0 Å². The van der Waals surface area contributed by atoms with Crippen molar-refractivity contribution in [1.82, 2.24) is 4.98 Å². The standard InChI is InChI=1S/C9H9F3N2O3/c1-16-8-5(4-15)6(2-13)14-3-7(8)17-9(10,11)12/h3-4H,2,13H2,1H3. The van der Waals surface area contributed by atoms with Crippen molar-refractivity contribution in [3.8, 4) is 11.5 Å². The molecule has 1 heterocycles. The summed E-state index contributed by atoms with van der Waals surface area (Å²) in [6.07, 6.45) is -3.77. The molecule has 0 unspecified atom stereocenters. The van der Waals surface area contributed by atoms with Gasteiger partial charge in [0.15, 0.2) is 17.8 Å². The molecule has 1 rings (SSSR count). The largest absolute Gasteiger partial charge is 0.573 e. The number of nitrogens with zero attached hydrogens (tertiary/aromatic N) is 1. The summed E-state index contributed by atoms with van der Waals surface area (Å²) in [5.41, 5.74) is 5.26. The highest BCUT2D eigenvalue weighted by atomic mass is 19.4. The van der Waals surface area contributed by atoms with E-state index in [9.17, 15) is 18.0 Å². The molecule has 8 heteroatoms. The van der Waals surface area contributed by atoms with E-state index in [4.69, 9.17) is 10.5 Å². The highest BCUT2D eigenvalue weighted by Gasteiger charge is 2.33. The van der Waals surface area contributed by atoms with Gasteiger partial charge in [0.05, 0.1) is 24.6 Å². The van der Waals surface area contributed by atoms with Crippen LogP contribution in [0.5, 0.6) is 11.5 Å². The van der Waals surface area contributed by atoms with E-state index in [1.807, 2.05) is 0 Å². The Kier molecular flexibility index (Phi) is 3.89. The molecular weight excluding hydrogens is 241 g/mol. The highest BCUT2D eigenvalue weighted by molar-refractivity contribution is 5.82. The van der Waals surface area contributed by atoms with Crippen molar-refractivity contribution in [3.05, 3.63) is 17.5 Å². The lowest BCUT2D eigenvalue weighted by molar-refractivity contribution is -0.275. The number of carbonyl (C=O) groups is 1. The Balaban J connectivity index is 3.28. The maximum absolute atomic E-state index is 12.1. The zero-order valence-electron chi connectivity index (χ0n) is 8.75. The lowest BCUT2D eigenvalue weighted by atomic mass is 10.2. The van der Waals surface area contributed by atoms with Gasteiger partial charge in [-0.05, 0) is 0 Å². The first kappa shape index (κ1) is 13.2. The predicted molar refractivity (Wildman–Crippen MR) is 50.8 cm³/mol. The van der Waals surface area contributed by atoms with Crippen molar-refractivity contribution in [2.24, 2.45) is 5.73 Å². The first-order chi connectivity index (χ1) is 7.92. The summed E-state index contributed by atoms with van der Waals surface area (Å²) >= 11 is 0. The zero-order chi connectivity index (χ0) is 13.1. The van der Waals surface area contributed by atoms with E-state index >= 15 is 0 Å². The Morgan fingerprint density at radius 2 is 2.18 bits per heavy atom. The summed E-state index contributed by atoms with van der Waals surface area (Å²) in [6.45, 7) is -0.100. The van der Waals surface area contributed by atoms with Crippen molar-refractivity contribution in [2.75, 3.05) is 7.11 Å². The minimum absolute atomic E-state index is 0.100. The van der Waals surface area contributed by atoms with Crippen LogP contribution in [0.4, 0.5) is 13.2 Å². The minimum atomic E-state index is -4.89. The number of ether oxygens (including phenoxy) is 2. The van der Waals surface area contributed by atoms with Crippen LogP contribution in [0.2, 0.25) is 0 Å². The predicted octanol–water partition coefficient (Wildman–Crippen LogP) is 1.26. The molecule has 17 heavy (non-hydrogen) atoms. The fourth-order valence-electron chi connectivity index (χ4n) is 1.22. The van der Waals surface area contributed by atoms with Gasteiger partial charge in [-0.2, -0.15) is 0 Å². The van der Waals surface area contributed by atoms with Crippen LogP contribution >= 0.6 is 0 Å². The molecule has 0 bridgehead atoms. The van der Waals surface area contributed by atoms with Crippen molar-refractivity contribution in [2.45, 2.75) is 12.9 Å². The van der Waals surface area contributed by atoms with Gasteiger partial charge < -0.3 is 15.2 Å². The smallest absolute Gasteiger partial charge is 0.492 e. The van der Waals surface area contributed by atoms with Gasteiger partial charge in [0.25, 0.3) is 0 Å². The van der Waals surface area contributed by atoms with E-state index in [1.165, 1.54) is 0 Å². The average Bonchev–Trinajstić information content (AvgIpc) is 2.26. The monoisotopic (exact) mass is 250 g/mol. The maximum atomic E-state index is 12.1.